The molecule has 2 rings (SSSR count). The highest BCUT2D eigenvalue weighted by molar-refractivity contribution is 6.00. The van der Waals surface area contributed by atoms with Crippen molar-refractivity contribution < 1.29 is 19.1 Å². The lowest BCUT2D eigenvalue weighted by Crippen LogP contribution is -2.37. The predicted octanol–water partition coefficient (Wildman–Crippen LogP) is 1.51. The Morgan fingerprint density at radius 1 is 1.46 bits per heavy atom. The largest absolute Gasteiger partial charge is 0.385 e. The molecule has 6 heteroatoms. The molecule has 6 nitrogen and oxygen atoms in total. The minimum Gasteiger partial charge on any atom is -0.385 e. The minimum atomic E-state index is -0.616. The number of unbranched alkanes of at least 4 members (excludes halogenated alkanes) is 1. The smallest absolute Gasteiger partial charge is 0.255 e. The van der Waals surface area contributed by atoms with E-state index in [1.807, 2.05) is 6.07 Å². The minimum absolute atomic E-state index is 0.149. The molecule has 26 heavy (non-hydrogen) atoms. The Bertz CT molecular complexity index is 733. The Kier molecular flexibility index (Phi) is 7.37. The molecule has 0 radical (unpaired) electrons. The summed E-state index contributed by atoms with van der Waals surface area (Å²) >= 11 is 0. The van der Waals surface area contributed by atoms with E-state index in [0.29, 0.717) is 25.1 Å². The lowest BCUT2D eigenvalue weighted by molar-refractivity contribution is -0.121. The highest BCUT2D eigenvalue weighted by Gasteiger charge is 2.33. The van der Waals surface area contributed by atoms with Crippen LogP contribution in [0, 0.1) is 11.8 Å². The van der Waals surface area contributed by atoms with Gasteiger partial charge in [-0.25, -0.2) is 0 Å². The number of hydrogen-bond acceptors (Lipinski definition) is 4. The second-order valence-electron chi connectivity index (χ2n) is 6.08. The number of nitrogens with one attached hydrogen (secondary N) is 1. The van der Waals surface area contributed by atoms with Gasteiger partial charge in [-0.3, -0.25) is 9.59 Å². The number of hydrogen-bond donors (Lipinski definition) is 1. The fraction of sp³-hybridized carbons (Fsp3) is 0.450. The van der Waals surface area contributed by atoms with Crippen LogP contribution in [0.3, 0.4) is 0 Å². The van der Waals surface area contributed by atoms with Gasteiger partial charge in [-0.2, -0.15) is 0 Å². The molecule has 1 aromatic rings. The molecule has 0 fully saturated rings. The molecule has 1 aromatic carbocycles. The van der Waals surface area contributed by atoms with Gasteiger partial charge in [0.25, 0.3) is 5.91 Å². The summed E-state index contributed by atoms with van der Waals surface area (Å²) in [6.45, 7) is 1.01. The number of benzene rings is 1. The molecule has 1 N–H and O–H groups in total. The summed E-state index contributed by atoms with van der Waals surface area (Å²) in [5, 5.41) is 2.52. The van der Waals surface area contributed by atoms with Crippen LogP contribution in [0.2, 0.25) is 0 Å². The summed E-state index contributed by atoms with van der Waals surface area (Å²) in [5.41, 5.74) is 2.25. The maximum absolute atomic E-state index is 12.7. The molecule has 2 amide bonds. The standard InChI is InChI=1S/C20H24N2O4/c1-21-19(24)11-10-16(14-23)22-13-18-15(7-4-3-5-12-26-2)8-6-9-17(18)20(22)25/h6,8-9,14,16H,3,5,10-13H2,1-2H3,(H,21,24). The lowest BCUT2D eigenvalue weighted by atomic mass is 10.0. The number of rotatable bonds is 8. The van der Waals surface area contributed by atoms with Crippen LogP contribution in [0.1, 0.15) is 47.2 Å². The lowest BCUT2D eigenvalue weighted by Gasteiger charge is -2.22. The molecule has 1 heterocycles. The predicted molar refractivity (Wildman–Crippen MR) is 97.5 cm³/mol. The van der Waals surface area contributed by atoms with Crippen molar-refractivity contribution in [1.82, 2.24) is 10.2 Å². The molecule has 0 aromatic heterocycles. The van der Waals surface area contributed by atoms with Crippen molar-refractivity contribution in [1.29, 1.82) is 0 Å². The Morgan fingerprint density at radius 3 is 2.96 bits per heavy atom. The highest BCUT2D eigenvalue weighted by atomic mass is 16.5. The molecule has 138 valence electrons. The molecule has 1 atom stereocenters. The zero-order valence-electron chi connectivity index (χ0n) is 15.2. The molecule has 0 aliphatic carbocycles. The Labute approximate surface area is 153 Å². The van der Waals surface area contributed by atoms with Crippen LogP contribution in [0.15, 0.2) is 18.2 Å². The van der Waals surface area contributed by atoms with Crippen LogP contribution in [0.5, 0.6) is 0 Å². The number of methoxy groups -OCH3 is 1. The summed E-state index contributed by atoms with van der Waals surface area (Å²) < 4.78 is 5.00. The van der Waals surface area contributed by atoms with Gasteiger partial charge in [0.2, 0.25) is 5.91 Å². The Balaban J connectivity index is 2.13. The van der Waals surface area contributed by atoms with E-state index in [0.717, 1.165) is 30.3 Å². The zero-order chi connectivity index (χ0) is 18.9. The summed E-state index contributed by atoms with van der Waals surface area (Å²) in [6, 6.07) is 4.84. The van der Waals surface area contributed by atoms with Crippen LogP contribution >= 0.6 is 0 Å². The summed E-state index contributed by atoms with van der Waals surface area (Å²) in [6.07, 6.45) is 2.82. The quantitative estimate of drug-likeness (QED) is 0.435. The molecular formula is C20H24N2O4. The third-order valence-electron chi connectivity index (χ3n) is 4.37. The summed E-state index contributed by atoms with van der Waals surface area (Å²) in [5.74, 6) is 5.90. The number of amides is 2. The second kappa shape index (κ2) is 9.73. The van der Waals surface area contributed by atoms with Crippen LogP contribution in [0.4, 0.5) is 0 Å². The van der Waals surface area contributed by atoms with Crippen molar-refractivity contribution in [2.45, 2.75) is 38.3 Å². The molecule has 0 saturated heterocycles. The number of carbonyl (C=O) groups is 3. The van der Waals surface area contributed by atoms with E-state index in [4.69, 9.17) is 4.74 Å². The molecule has 0 spiro atoms. The average Bonchev–Trinajstić information content (AvgIpc) is 2.99. The van der Waals surface area contributed by atoms with E-state index in [1.54, 1.807) is 26.3 Å². The second-order valence-corrected chi connectivity index (χ2v) is 6.08. The first-order valence-corrected chi connectivity index (χ1v) is 8.69. The molecular weight excluding hydrogens is 332 g/mol. The van der Waals surface area contributed by atoms with Gasteiger partial charge in [0.1, 0.15) is 6.29 Å². The van der Waals surface area contributed by atoms with E-state index < -0.39 is 6.04 Å². The average molecular weight is 356 g/mol. The van der Waals surface area contributed by atoms with Gasteiger partial charge >= 0.3 is 0 Å². The van der Waals surface area contributed by atoms with Gasteiger partial charge < -0.3 is 19.7 Å². The van der Waals surface area contributed by atoms with E-state index >= 15 is 0 Å². The number of fused-ring (bicyclic) bond motifs is 1. The van der Waals surface area contributed by atoms with Crippen LogP contribution in [-0.4, -0.2) is 49.8 Å². The fourth-order valence-electron chi connectivity index (χ4n) is 2.90. The van der Waals surface area contributed by atoms with Crippen molar-refractivity contribution in [2.24, 2.45) is 0 Å². The van der Waals surface area contributed by atoms with E-state index in [9.17, 15) is 14.4 Å². The van der Waals surface area contributed by atoms with E-state index in [1.165, 1.54) is 4.90 Å². The van der Waals surface area contributed by atoms with Crippen molar-refractivity contribution >= 4 is 18.1 Å². The highest BCUT2D eigenvalue weighted by Crippen LogP contribution is 2.28. The van der Waals surface area contributed by atoms with Gasteiger partial charge in [0, 0.05) is 51.3 Å². The number of carbonyl (C=O) groups excluding carboxylic acids is 3. The summed E-state index contributed by atoms with van der Waals surface area (Å²) in [7, 11) is 3.21. The third-order valence-corrected chi connectivity index (χ3v) is 4.37. The van der Waals surface area contributed by atoms with Crippen LogP contribution in [0.25, 0.3) is 0 Å². The fourth-order valence-corrected chi connectivity index (χ4v) is 2.90. The zero-order valence-corrected chi connectivity index (χ0v) is 15.2. The molecule has 0 saturated carbocycles. The monoisotopic (exact) mass is 356 g/mol. The topological polar surface area (TPSA) is 75.7 Å². The first-order valence-electron chi connectivity index (χ1n) is 8.69. The number of ether oxygens (including phenoxy) is 1. The van der Waals surface area contributed by atoms with Gasteiger partial charge in [-0.1, -0.05) is 17.9 Å². The summed E-state index contributed by atoms with van der Waals surface area (Å²) in [4.78, 5) is 37.1. The molecule has 1 unspecified atom stereocenters. The molecule has 1 aliphatic heterocycles. The van der Waals surface area contributed by atoms with Crippen molar-refractivity contribution in [3.05, 3.63) is 34.9 Å². The van der Waals surface area contributed by atoms with Gasteiger partial charge in [-0.15, -0.1) is 0 Å². The first kappa shape index (κ1) is 19.7. The first-order chi connectivity index (χ1) is 12.6. The van der Waals surface area contributed by atoms with Crippen molar-refractivity contribution in [2.75, 3.05) is 20.8 Å². The van der Waals surface area contributed by atoms with Crippen molar-refractivity contribution in [3.8, 4) is 11.8 Å². The maximum Gasteiger partial charge on any atom is 0.255 e. The number of aldehydes is 1. The molecule has 0 bridgehead atoms. The van der Waals surface area contributed by atoms with Crippen molar-refractivity contribution in [3.63, 3.8) is 0 Å². The van der Waals surface area contributed by atoms with Crippen LogP contribution < -0.4 is 5.32 Å². The molecule has 1 aliphatic rings. The normalized spacial score (nSPS) is 13.6. The van der Waals surface area contributed by atoms with Crippen LogP contribution in [-0.2, 0) is 20.9 Å². The van der Waals surface area contributed by atoms with E-state index in [2.05, 4.69) is 17.2 Å². The maximum atomic E-state index is 12.7. The number of nitrogens with zero attached hydrogens (tertiary/aromatic N) is 1. The van der Waals surface area contributed by atoms with Gasteiger partial charge in [0.15, 0.2) is 0 Å². The SMILES string of the molecule is CNC(=O)CCC(C=O)N1Cc2c(C#CCCCOC)cccc2C1=O. The Hall–Kier alpha value is -2.65. The Morgan fingerprint density at radius 2 is 2.27 bits per heavy atom. The third kappa shape index (κ3) is 4.70. The van der Waals surface area contributed by atoms with Gasteiger partial charge in [0.05, 0.1) is 6.04 Å². The van der Waals surface area contributed by atoms with E-state index in [-0.39, 0.29) is 18.2 Å². The van der Waals surface area contributed by atoms with Gasteiger partial charge in [-0.05, 0) is 30.5 Å².